The van der Waals surface area contributed by atoms with Crippen LogP contribution in [0.4, 0.5) is 5.69 Å². The van der Waals surface area contributed by atoms with E-state index in [1.54, 1.807) is 24.3 Å². The number of hydrogen-bond donors (Lipinski definition) is 2. The number of aryl methyl sites for hydroxylation is 1. The summed E-state index contributed by atoms with van der Waals surface area (Å²) in [5.74, 6) is 0.936. The standard InChI is InChI=1S/C24H30N2O5/c1-5-29-20-13-17(14-21(30-6-2)22(20)31-7-3)24(28)26-19-12-16(9-8-15(19)4)23(27)25-18-10-11-18/h8-9,12-14,18H,5-7,10-11H2,1-4H3,(H,25,27)(H,26,28). The van der Waals surface area contributed by atoms with E-state index in [2.05, 4.69) is 10.6 Å². The summed E-state index contributed by atoms with van der Waals surface area (Å²) >= 11 is 0. The molecule has 1 fully saturated rings. The van der Waals surface area contributed by atoms with Crippen molar-refractivity contribution in [3.05, 3.63) is 47.0 Å². The molecule has 0 saturated heterocycles. The van der Waals surface area contributed by atoms with Gasteiger partial charge in [-0.05, 0) is 70.4 Å². The molecule has 0 bridgehead atoms. The van der Waals surface area contributed by atoms with E-state index in [1.807, 2.05) is 33.8 Å². The third kappa shape index (κ3) is 5.69. The Bertz CT molecular complexity index is 926. The molecule has 31 heavy (non-hydrogen) atoms. The molecule has 0 spiro atoms. The van der Waals surface area contributed by atoms with Crippen LogP contribution >= 0.6 is 0 Å². The summed E-state index contributed by atoms with van der Waals surface area (Å²) < 4.78 is 17.1. The van der Waals surface area contributed by atoms with Crippen LogP contribution in [0.2, 0.25) is 0 Å². The number of ether oxygens (including phenoxy) is 3. The molecule has 2 amide bonds. The normalized spacial score (nSPS) is 12.8. The zero-order valence-corrected chi connectivity index (χ0v) is 18.5. The summed E-state index contributed by atoms with van der Waals surface area (Å²) in [5.41, 5.74) is 2.34. The van der Waals surface area contributed by atoms with Crippen molar-refractivity contribution in [1.29, 1.82) is 0 Å². The van der Waals surface area contributed by atoms with E-state index in [-0.39, 0.29) is 17.9 Å². The second-order valence-corrected chi connectivity index (χ2v) is 7.33. The van der Waals surface area contributed by atoms with Gasteiger partial charge in [-0.3, -0.25) is 9.59 Å². The van der Waals surface area contributed by atoms with Crippen LogP contribution < -0.4 is 24.8 Å². The van der Waals surface area contributed by atoms with Crippen molar-refractivity contribution in [3.63, 3.8) is 0 Å². The second-order valence-electron chi connectivity index (χ2n) is 7.33. The summed E-state index contributed by atoms with van der Waals surface area (Å²) in [7, 11) is 0. The van der Waals surface area contributed by atoms with Gasteiger partial charge in [-0.1, -0.05) is 6.07 Å². The van der Waals surface area contributed by atoms with E-state index < -0.39 is 0 Å². The van der Waals surface area contributed by atoms with Crippen molar-refractivity contribution < 1.29 is 23.8 Å². The molecule has 2 aromatic carbocycles. The van der Waals surface area contributed by atoms with Gasteiger partial charge in [0, 0.05) is 22.9 Å². The van der Waals surface area contributed by atoms with Crippen LogP contribution in [0.3, 0.4) is 0 Å². The van der Waals surface area contributed by atoms with Crippen molar-refractivity contribution in [2.24, 2.45) is 0 Å². The first-order valence-corrected chi connectivity index (χ1v) is 10.8. The summed E-state index contributed by atoms with van der Waals surface area (Å²) in [5, 5.41) is 5.87. The smallest absolute Gasteiger partial charge is 0.255 e. The Morgan fingerprint density at radius 1 is 0.871 bits per heavy atom. The predicted molar refractivity (Wildman–Crippen MR) is 120 cm³/mol. The Kier molecular flexibility index (Phi) is 7.39. The van der Waals surface area contributed by atoms with E-state index in [9.17, 15) is 9.59 Å². The number of benzene rings is 2. The lowest BCUT2D eigenvalue weighted by molar-refractivity contribution is 0.0949. The molecule has 0 atom stereocenters. The number of anilines is 1. The lowest BCUT2D eigenvalue weighted by Gasteiger charge is -2.17. The van der Waals surface area contributed by atoms with Gasteiger partial charge in [-0.25, -0.2) is 0 Å². The SMILES string of the molecule is CCOc1cc(C(=O)Nc2cc(C(=O)NC3CC3)ccc2C)cc(OCC)c1OCC. The van der Waals surface area contributed by atoms with Crippen molar-refractivity contribution in [1.82, 2.24) is 5.32 Å². The molecule has 166 valence electrons. The maximum absolute atomic E-state index is 13.1. The fraction of sp³-hybridized carbons (Fsp3) is 0.417. The average molecular weight is 427 g/mol. The van der Waals surface area contributed by atoms with Crippen LogP contribution in [0.25, 0.3) is 0 Å². The molecule has 1 aliphatic carbocycles. The molecular weight excluding hydrogens is 396 g/mol. The lowest BCUT2D eigenvalue weighted by atomic mass is 10.1. The maximum atomic E-state index is 13.1. The van der Waals surface area contributed by atoms with Crippen molar-refractivity contribution >= 4 is 17.5 Å². The first-order chi connectivity index (χ1) is 15.0. The molecule has 3 rings (SSSR count). The zero-order chi connectivity index (χ0) is 22.4. The minimum absolute atomic E-state index is 0.128. The van der Waals surface area contributed by atoms with Gasteiger partial charge in [-0.2, -0.15) is 0 Å². The van der Waals surface area contributed by atoms with Crippen LogP contribution in [-0.2, 0) is 0 Å². The molecule has 0 aliphatic heterocycles. The minimum atomic E-state index is -0.326. The van der Waals surface area contributed by atoms with Gasteiger partial charge in [0.2, 0.25) is 5.75 Å². The molecule has 0 aromatic heterocycles. The van der Waals surface area contributed by atoms with Gasteiger partial charge in [0.15, 0.2) is 11.5 Å². The lowest BCUT2D eigenvalue weighted by Crippen LogP contribution is -2.25. The molecular formula is C24H30N2O5. The third-order valence-corrected chi connectivity index (χ3v) is 4.83. The Balaban J connectivity index is 1.87. The summed E-state index contributed by atoms with van der Waals surface area (Å²) in [6.07, 6.45) is 2.03. The average Bonchev–Trinajstić information content (AvgIpc) is 3.56. The van der Waals surface area contributed by atoms with Crippen LogP contribution in [0, 0.1) is 6.92 Å². The largest absolute Gasteiger partial charge is 0.490 e. The van der Waals surface area contributed by atoms with Gasteiger partial charge in [0.05, 0.1) is 19.8 Å². The van der Waals surface area contributed by atoms with Gasteiger partial charge in [-0.15, -0.1) is 0 Å². The highest BCUT2D eigenvalue weighted by atomic mass is 16.5. The maximum Gasteiger partial charge on any atom is 0.255 e. The van der Waals surface area contributed by atoms with E-state index in [4.69, 9.17) is 14.2 Å². The van der Waals surface area contributed by atoms with Crippen LogP contribution in [0.5, 0.6) is 17.2 Å². The molecule has 1 aliphatic rings. The Labute approximate surface area is 183 Å². The molecule has 2 N–H and O–H groups in total. The Hall–Kier alpha value is -3.22. The number of amides is 2. The molecule has 7 nitrogen and oxygen atoms in total. The molecule has 1 saturated carbocycles. The quantitative estimate of drug-likeness (QED) is 0.590. The Morgan fingerprint density at radius 3 is 2.03 bits per heavy atom. The highest BCUT2D eigenvalue weighted by molar-refractivity contribution is 6.06. The highest BCUT2D eigenvalue weighted by Crippen LogP contribution is 2.39. The fourth-order valence-corrected chi connectivity index (χ4v) is 3.11. The molecule has 7 heteroatoms. The predicted octanol–water partition coefficient (Wildman–Crippen LogP) is 4.34. The minimum Gasteiger partial charge on any atom is -0.490 e. The van der Waals surface area contributed by atoms with Crippen molar-refractivity contribution in [2.45, 2.75) is 46.6 Å². The number of hydrogen-bond acceptors (Lipinski definition) is 5. The fourth-order valence-electron chi connectivity index (χ4n) is 3.11. The van der Waals surface area contributed by atoms with E-state index in [0.29, 0.717) is 53.9 Å². The van der Waals surface area contributed by atoms with Gasteiger partial charge >= 0.3 is 0 Å². The molecule has 0 heterocycles. The summed E-state index contributed by atoms with van der Waals surface area (Å²) in [4.78, 5) is 25.4. The number of rotatable bonds is 10. The third-order valence-electron chi connectivity index (χ3n) is 4.83. The summed E-state index contributed by atoms with van der Waals surface area (Å²) in [6, 6.07) is 8.85. The van der Waals surface area contributed by atoms with Crippen LogP contribution in [0.1, 0.15) is 59.9 Å². The molecule has 0 unspecified atom stereocenters. The topological polar surface area (TPSA) is 85.9 Å². The number of carbonyl (C=O) groups excluding carboxylic acids is 2. The Morgan fingerprint density at radius 2 is 1.48 bits per heavy atom. The van der Waals surface area contributed by atoms with E-state index >= 15 is 0 Å². The second kappa shape index (κ2) is 10.2. The van der Waals surface area contributed by atoms with Gasteiger partial charge in [0.25, 0.3) is 11.8 Å². The first-order valence-electron chi connectivity index (χ1n) is 10.8. The van der Waals surface area contributed by atoms with Crippen LogP contribution in [-0.4, -0.2) is 37.7 Å². The molecule has 2 aromatic rings. The monoisotopic (exact) mass is 426 g/mol. The van der Waals surface area contributed by atoms with Crippen molar-refractivity contribution in [3.8, 4) is 17.2 Å². The number of carbonyl (C=O) groups is 2. The van der Waals surface area contributed by atoms with Gasteiger partial charge in [0.1, 0.15) is 0 Å². The van der Waals surface area contributed by atoms with E-state index in [0.717, 1.165) is 18.4 Å². The van der Waals surface area contributed by atoms with Crippen molar-refractivity contribution in [2.75, 3.05) is 25.1 Å². The van der Waals surface area contributed by atoms with Gasteiger partial charge < -0.3 is 24.8 Å². The number of nitrogens with one attached hydrogen (secondary N) is 2. The van der Waals surface area contributed by atoms with Crippen LogP contribution in [0.15, 0.2) is 30.3 Å². The highest BCUT2D eigenvalue weighted by Gasteiger charge is 2.24. The first kappa shape index (κ1) is 22.5. The zero-order valence-electron chi connectivity index (χ0n) is 18.5. The van der Waals surface area contributed by atoms with E-state index in [1.165, 1.54) is 0 Å². The molecule has 0 radical (unpaired) electrons. The summed E-state index contributed by atoms with van der Waals surface area (Å²) in [6.45, 7) is 8.78.